The van der Waals surface area contributed by atoms with Gasteiger partial charge in [-0.2, -0.15) is 0 Å². The lowest BCUT2D eigenvalue weighted by molar-refractivity contribution is 0.0312. The largest absolute Gasteiger partial charge is 0.449 e. The average molecular weight is 284 g/mol. The maximum Gasteiger partial charge on any atom is 0.359 e. The first-order valence-corrected chi connectivity index (χ1v) is 6.57. The maximum atomic E-state index is 12.3. The number of hydrogen-bond donors (Lipinski definition) is 0. The lowest BCUT2D eigenvalue weighted by Gasteiger charge is -2.12. The highest BCUT2D eigenvalue weighted by molar-refractivity contribution is 6.01. The van der Waals surface area contributed by atoms with Gasteiger partial charge >= 0.3 is 5.97 Å². The molecular formula is C16H16N2O3. The summed E-state index contributed by atoms with van der Waals surface area (Å²) >= 11 is 0. The Hall–Kier alpha value is -2.56. The van der Waals surface area contributed by atoms with E-state index in [1.807, 2.05) is 19.9 Å². The van der Waals surface area contributed by atoms with E-state index in [-0.39, 0.29) is 11.5 Å². The van der Waals surface area contributed by atoms with Gasteiger partial charge in [-0.1, -0.05) is 12.1 Å². The smallest absolute Gasteiger partial charge is 0.359 e. The number of aryl methyl sites for hydroxylation is 2. The van der Waals surface area contributed by atoms with Crippen LogP contribution in [-0.4, -0.2) is 27.8 Å². The Balaban J connectivity index is 2.09. The quantitative estimate of drug-likeness (QED) is 0.637. The van der Waals surface area contributed by atoms with Crippen LogP contribution in [-0.2, 0) is 4.74 Å². The van der Waals surface area contributed by atoms with E-state index < -0.39 is 12.1 Å². The van der Waals surface area contributed by atoms with Gasteiger partial charge in [-0.15, -0.1) is 0 Å². The molecule has 0 aliphatic rings. The summed E-state index contributed by atoms with van der Waals surface area (Å²) in [7, 11) is 0. The molecule has 21 heavy (non-hydrogen) atoms. The number of aromatic nitrogens is 2. The SMILES string of the molecule is Cc1ccc(C(=O)[C@@H](C)OC(=O)c2cnccn2)cc1C. The highest BCUT2D eigenvalue weighted by Crippen LogP contribution is 2.13. The second kappa shape index (κ2) is 6.26. The predicted molar refractivity (Wildman–Crippen MR) is 77.2 cm³/mol. The molecule has 2 rings (SSSR count). The van der Waals surface area contributed by atoms with Gasteiger partial charge in [0.25, 0.3) is 0 Å². The van der Waals surface area contributed by atoms with Crippen LogP contribution in [0.2, 0.25) is 0 Å². The third kappa shape index (κ3) is 3.51. The van der Waals surface area contributed by atoms with E-state index in [1.54, 1.807) is 19.1 Å². The van der Waals surface area contributed by atoms with Crippen molar-refractivity contribution < 1.29 is 14.3 Å². The molecule has 5 heteroatoms. The fraction of sp³-hybridized carbons (Fsp3) is 0.250. The normalized spacial score (nSPS) is 11.8. The van der Waals surface area contributed by atoms with Gasteiger partial charge in [0.1, 0.15) is 0 Å². The number of Topliss-reactive ketones (excluding diaryl/α,β-unsaturated/α-hetero) is 1. The number of nitrogens with zero attached hydrogens (tertiary/aromatic N) is 2. The van der Waals surface area contributed by atoms with Gasteiger partial charge < -0.3 is 4.74 Å². The van der Waals surface area contributed by atoms with Crippen LogP contribution in [0.4, 0.5) is 0 Å². The van der Waals surface area contributed by atoms with Gasteiger partial charge in [-0.05, 0) is 38.0 Å². The highest BCUT2D eigenvalue weighted by atomic mass is 16.5. The van der Waals surface area contributed by atoms with Crippen LogP contribution in [0.5, 0.6) is 0 Å². The summed E-state index contributed by atoms with van der Waals surface area (Å²) in [4.78, 5) is 31.7. The van der Waals surface area contributed by atoms with Crippen molar-refractivity contribution in [1.82, 2.24) is 9.97 Å². The van der Waals surface area contributed by atoms with Crippen LogP contribution in [0.25, 0.3) is 0 Å². The van der Waals surface area contributed by atoms with E-state index in [0.717, 1.165) is 11.1 Å². The van der Waals surface area contributed by atoms with Crippen LogP contribution in [0.3, 0.4) is 0 Å². The number of hydrogen-bond acceptors (Lipinski definition) is 5. The van der Waals surface area contributed by atoms with Crippen LogP contribution in [0.1, 0.15) is 38.9 Å². The summed E-state index contributed by atoms with van der Waals surface area (Å²) in [6.45, 7) is 5.45. The first-order valence-electron chi connectivity index (χ1n) is 6.57. The Morgan fingerprint density at radius 3 is 2.52 bits per heavy atom. The molecule has 2 aromatic rings. The molecule has 108 valence electrons. The second-order valence-corrected chi connectivity index (χ2v) is 4.80. The van der Waals surface area contributed by atoms with Crippen LogP contribution in [0.15, 0.2) is 36.8 Å². The summed E-state index contributed by atoms with van der Waals surface area (Å²) < 4.78 is 5.13. The Labute approximate surface area is 123 Å². The number of ether oxygens (including phenoxy) is 1. The number of carbonyl (C=O) groups is 2. The summed E-state index contributed by atoms with van der Waals surface area (Å²) in [5.41, 5.74) is 2.74. The van der Waals surface area contributed by atoms with Crippen molar-refractivity contribution in [3.63, 3.8) is 0 Å². The Bertz CT molecular complexity index is 668. The topological polar surface area (TPSA) is 69.2 Å². The van der Waals surface area contributed by atoms with Gasteiger partial charge in [0, 0.05) is 18.0 Å². The lowest BCUT2D eigenvalue weighted by Crippen LogP contribution is -2.25. The number of ketones is 1. The molecular weight excluding hydrogens is 268 g/mol. The summed E-state index contributed by atoms with van der Waals surface area (Å²) in [5.74, 6) is -0.900. The highest BCUT2D eigenvalue weighted by Gasteiger charge is 2.21. The molecule has 0 unspecified atom stereocenters. The van der Waals surface area contributed by atoms with E-state index >= 15 is 0 Å². The third-order valence-electron chi connectivity index (χ3n) is 3.22. The van der Waals surface area contributed by atoms with Crippen LogP contribution < -0.4 is 0 Å². The standard InChI is InChI=1S/C16H16N2O3/c1-10-4-5-13(8-11(10)2)15(19)12(3)21-16(20)14-9-17-6-7-18-14/h4-9,12H,1-3H3/t12-/m1/s1. The molecule has 0 bridgehead atoms. The van der Waals surface area contributed by atoms with Gasteiger partial charge in [-0.25, -0.2) is 9.78 Å². The molecule has 0 saturated heterocycles. The summed E-state index contributed by atoms with van der Waals surface area (Å²) in [5, 5.41) is 0. The van der Waals surface area contributed by atoms with Crippen molar-refractivity contribution in [1.29, 1.82) is 0 Å². The number of benzene rings is 1. The number of esters is 1. The average Bonchev–Trinajstić information content (AvgIpc) is 2.50. The first-order chi connectivity index (χ1) is 9.99. The molecule has 1 aromatic carbocycles. The molecule has 0 aliphatic heterocycles. The van der Waals surface area contributed by atoms with Crippen molar-refractivity contribution in [2.75, 3.05) is 0 Å². The van der Waals surface area contributed by atoms with E-state index in [0.29, 0.717) is 5.56 Å². The van der Waals surface area contributed by atoms with Crippen LogP contribution >= 0.6 is 0 Å². The van der Waals surface area contributed by atoms with E-state index in [9.17, 15) is 9.59 Å². The second-order valence-electron chi connectivity index (χ2n) is 4.80. The Kier molecular flexibility index (Phi) is 4.42. The molecule has 0 aliphatic carbocycles. The van der Waals surface area contributed by atoms with E-state index in [4.69, 9.17) is 4.74 Å². The molecule has 0 spiro atoms. The number of rotatable bonds is 4. The van der Waals surface area contributed by atoms with Crippen molar-refractivity contribution in [3.8, 4) is 0 Å². The molecule has 0 fully saturated rings. The minimum atomic E-state index is -0.874. The first kappa shape index (κ1) is 14.8. The van der Waals surface area contributed by atoms with Crippen molar-refractivity contribution >= 4 is 11.8 Å². The van der Waals surface area contributed by atoms with Crippen molar-refractivity contribution in [3.05, 3.63) is 59.2 Å². The summed E-state index contributed by atoms with van der Waals surface area (Å²) in [6, 6.07) is 5.40. The minimum Gasteiger partial charge on any atom is -0.449 e. The molecule has 5 nitrogen and oxygen atoms in total. The predicted octanol–water partition coefficient (Wildman–Crippen LogP) is 2.52. The van der Waals surface area contributed by atoms with Crippen molar-refractivity contribution in [2.45, 2.75) is 26.9 Å². The van der Waals surface area contributed by atoms with E-state index in [1.165, 1.54) is 18.6 Å². The molecule has 0 radical (unpaired) electrons. The monoisotopic (exact) mass is 284 g/mol. The zero-order valence-corrected chi connectivity index (χ0v) is 12.2. The lowest BCUT2D eigenvalue weighted by atomic mass is 10.0. The van der Waals surface area contributed by atoms with Gasteiger partial charge in [0.05, 0.1) is 6.20 Å². The van der Waals surface area contributed by atoms with Gasteiger partial charge in [-0.3, -0.25) is 9.78 Å². The molecule has 1 aromatic heterocycles. The summed E-state index contributed by atoms with van der Waals surface area (Å²) in [6.07, 6.45) is 3.28. The van der Waals surface area contributed by atoms with Crippen LogP contribution in [0, 0.1) is 13.8 Å². The third-order valence-corrected chi connectivity index (χ3v) is 3.22. The van der Waals surface area contributed by atoms with Crippen molar-refractivity contribution in [2.24, 2.45) is 0 Å². The minimum absolute atomic E-state index is 0.0808. The molecule has 1 heterocycles. The molecule has 0 amide bonds. The zero-order valence-electron chi connectivity index (χ0n) is 12.2. The fourth-order valence-corrected chi connectivity index (χ4v) is 1.81. The fourth-order valence-electron chi connectivity index (χ4n) is 1.81. The molecule has 1 atom stereocenters. The van der Waals surface area contributed by atoms with E-state index in [2.05, 4.69) is 9.97 Å². The maximum absolute atomic E-state index is 12.3. The molecule has 0 saturated carbocycles. The Morgan fingerprint density at radius 2 is 1.90 bits per heavy atom. The zero-order chi connectivity index (χ0) is 15.4. The van der Waals surface area contributed by atoms with Gasteiger partial charge in [0.2, 0.25) is 5.78 Å². The molecule has 0 N–H and O–H groups in total. The Morgan fingerprint density at radius 1 is 1.14 bits per heavy atom. The van der Waals surface area contributed by atoms with Gasteiger partial charge in [0.15, 0.2) is 11.8 Å². The number of carbonyl (C=O) groups excluding carboxylic acids is 2.